The summed E-state index contributed by atoms with van der Waals surface area (Å²) < 4.78 is 1.64. The highest BCUT2D eigenvalue weighted by atomic mass is 16.1. The molecule has 0 fully saturated rings. The number of carbonyl (C=O) groups is 1. The second kappa shape index (κ2) is 4.78. The summed E-state index contributed by atoms with van der Waals surface area (Å²) in [5.41, 5.74) is 4.45. The van der Waals surface area contributed by atoms with Crippen LogP contribution in [0.4, 0.5) is 0 Å². The molecule has 0 saturated heterocycles. The summed E-state index contributed by atoms with van der Waals surface area (Å²) in [6.07, 6.45) is 4.37. The Labute approximate surface area is 118 Å². The van der Waals surface area contributed by atoms with Crippen molar-refractivity contribution < 1.29 is 4.79 Å². The van der Waals surface area contributed by atoms with Crippen LogP contribution in [0.2, 0.25) is 0 Å². The van der Waals surface area contributed by atoms with Gasteiger partial charge in [0.2, 0.25) is 0 Å². The summed E-state index contributed by atoms with van der Waals surface area (Å²) in [7, 11) is 1.81. The number of rotatable bonds is 2. The molecule has 2 atom stereocenters. The van der Waals surface area contributed by atoms with Crippen LogP contribution in [0.1, 0.15) is 40.0 Å². The van der Waals surface area contributed by atoms with Crippen molar-refractivity contribution in [1.82, 2.24) is 15.1 Å². The number of aromatic nitrogens is 2. The second-order valence-corrected chi connectivity index (χ2v) is 5.74. The molecule has 20 heavy (non-hydrogen) atoms. The molecule has 1 amide bonds. The largest absolute Gasteiger partial charge is 0.345 e. The van der Waals surface area contributed by atoms with Crippen LogP contribution in [0, 0.1) is 12.8 Å². The van der Waals surface area contributed by atoms with E-state index in [4.69, 9.17) is 0 Å². The highest BCUT2D eigenvalue weighted by Crippen LogP contribution is 2.36. The SMILES string of the molecule is Cc1ccc2c(c1)[C@H](NC(=O)c1cnn(C)c1)[C@H](C)C2. The number of carbonyl (C=O) groups excluding carboxylic acids is 1. The van der Waals surface area contributed by atoms with Gasteiger partial charge in [-0.3, -0.25) is 9.48 Å². The van der Waals surface area contributed by atoms with Crippen molar-refractivity contribution in [3.8, 4) is 0 Å². The molecule has 0 bridgehead atoms. The van der Waals surface area contributed by atoms with Crippen LogP contribution in [-0.2, 0) is 13.5 Å². The minimum Gasteiger partial charge on any atom is -0.345 e. The lowest BCUT2D eigenvalue weighted by Crippen LogP contribution is -2.30. The molecule has 1 aliphatic rings. The normalized spacial score (nSPS) is 20.8. The Hall–Kier alpha value is -2.10. The molecule has 0 spiro atoms. The van der Waals surface area contributed by atoms with Gasteiger partial charge < -0.3 is 5.32 Å². The molecule has 0 unspecified atom stereocenters. The third-order valence-electron chi connectivity index (χ3n) is 4.00. The number of nitrogens with one attached hydrogen (secondary N) is 1. The molecule has 1 heterocycles. The van der Waals surface area contributed by atoms with E-state index in [2.05, 4.69) is 42.5 Å². The fourth-order valence-corrected chi connectivity index (χ4v) is 2.94. The topological polar surface area (TPSA) is 46.9 Å². The Bertz CT molecular complexity index is 659. The Balaban J connectivity index is 1.85. The molecule has 0 saturated carbocycles. The number of hydrogen-bond acceptors (Lipinski definition) is 2. The van der Waals surface area contributed by atoms with Gasteiger partial charge in [-0.25, -0.2) is 0 Å². The van der Waals surface area contributed by atoms with Crippen molar-refractivity contribution in [2.45, 2.75) is 26.3 Å². The lowest BCUT2D eigenvalue weighted by atomic mass is 10.0. The van der Waals surface area contributed by atoms with E-state index in [1.165, 1.54) is 16.7 Å². The van der Waals surface area contributed by atoms with E-state index in [1.807, 2.05) is 7.05 Å². The lowest BCUT2D eigenvalue weighted by Gasteiger charge is -2.18. The molecule has 4 heteroatoms. The van der Waals surface area contributed by atoms with E-state index in [0.717, 1.165) is 6.42 Å². The molecule has 2 aromatic rings. The first-order chi connectivity index (χ1) is 9.54. The average Bonchev–Trinajstić information content (AvgIpc) is 2.95. The first kappa shape index (κ1) is 12.9. The zero-order valence-electron chi connectivity index (χ0n) is 12.1. The van der Waals surface area contributed by atoms with Crippen LogP contribution < -0.4 is 5.32 Å². The first-order valence-electron chi connectivity index (χ1n) is 6.93. The summed E-state index contributed by atoms with van der Waals surface area (Å²) in [6, 6.07) is 6.60. The van der Waals surface area contributed by atoms with Crippen molar-refractivity contribution >= 4 is 5.91 Å². The summed E-state index contributed by atoms with van der Waals surface area (Å²) >= 11 is 0. The van der Waals surface area contributed by atoms with Crippen molar-refractivity contribution in [2.75, 3.05) is 0 Å². The third kappa shape index (κ3) is 2.22. The van der Waals surface area contributed by atoms with E-state index >= 15 is 0 Å². The van der Waals surface area contributed by atoms with Crippen molar-refractivity contribution in [3.63, 3.8) is 0 Å². The van der Waals surface area contributed by atoms with Gasteiger partial charge >= 0.3 is 0 Å². The number of benzene rings is 1. The van der Waals surface area contributed by atoms with Gasteiger partial charge in [0.05, 0.1) is 17.8 Å². The van der Waals surface area contributed by atoms with Crippen LogP contribution in [0.25, 0.3) is 0 Å². The predicted octanol–water partition coefficient (Wildman–Crippen LogP) is 2.39. The van der Waals surface area contributed by atoms with E-state index in [0.29, 0.717) is 11.5 Å². The molecule has 1 aromatic carbocycles. The van der Waals surface area contributed by atoms with Crippen molar-refractivity contribution in [2.24, 2.45) is 13.0 Å². The Kier molecular flexibility index (Phi) is 3.08. The third-order valence-corrected chi connectivity index (χ3v) is 4.00. The van der Waals surface area contributed by atoms with Crippen LogP contribution in [0.15, 0.2) is 30.6 Å². The maximum Gasteiger partial charge on any atom is 0.254 e. The monoisotopic (exact) mass is 269 g/mol. The fraction of sp³-hybridized carbons (Fsp3) is 0.375. The molecule has 0 aliphatic heterocycles. The Morgan fingerprint density at radius 3 is 2.95 bits per heavy atom. The standard InChI is InChI=1S/C16H19N3O/c1-10-4-5-12-7-11(2)15(14(12)6-10)18-16(20)13-8-17-19(3)9-13/h4-6,8-9,11,15H,7H2,1-3H3,(H,18,20)/t11-,15-/m1/s1. The molecule has 0 radical (unpaired) electrons. The molecule has 1 N–H and O–H groups in total. The number of nitrogens with zero attached hydrogens (tertiary/aromatic N) is 2. The van der Waals surface area contributed by atoms with Gasteiger partial charge in [0.25, 0.3) is 5.91 Å². The minimum absolute atomic E-state index is 0.0516. The van der Waals surface area contributed by atoms with E-state index in [1.54, 1.807) is 17.1 Å². The summed E-state index contributed by atoms with van der Waals surface area (Å²) in [5, 5.41) is 7.19. The smallest absolute Gasteiger partial charge is 0.254 e. The van der Waals surface area contributed by atoms with E-state index in [-0.39, 0.29) is 11.9 Å². The molecule has 4 nitrogen and oxygen atoms in total. The molecule has 3 rings (SSSR count). The van der Waals surface area contributed by atoms with Gasteiger partial charge in [-0.15, -0.1) is 0 Å². The average molecular weight is 269 g/mol. The fourth-order valence-electron chi connectivity index (χ4n) is 2.94. The minimum atomic E-state index is -0.0516. The number of fused-ring (bicyclic) bond motifs is 1. The summed E-state index contributed by atoms with van der Waals surface area (Å²) in [4.78, 5) is 12.3. The Morgan fingerprint density at radius 1 is 1.45 bits per heavy atom. The number of aryl methyl sites for hydroxylation is 2. The molecule has 1 aromatic heterocycles. The van der Waals surface area contributed by atoms with Crippen LogP contribution in [0.3, 0.4) is 0 Å². The van der Waals surface area contributed by atoms with Crippen molar-refractivity contribution in [1.29, 1.82) is 0 Å². The van der Waals surface area contributed by atoms with Gasteiger partial charge in [0, 0.05) is 13.2 Å². The van der Waals surface area contributed by atoms with E-state index in [9.17, 15) is 4.79 Å². The quantitative estimate of drug-likeness (QED) is 0.910. The van der Waals surface area contributed by atoms with Crippen LogP contribution in [-0.4, -0.2) is 15.7 Å². The van der Waals surface area contributed by atoms with Crippen molar-refractivity contribution in [3.05, 3.63) is 52.8 Å². The molecule has 1 aliphatic carbocycles. The molecular weight excluding hydrogens is 250 g/mol. The maximum absolute atomic E-state index is 12.3. The summed E-state index contributed by atoms with van der Waals surface area (Å²) in [5.74, 6) is 0.372. The highest BCUT2D eigenvalue weighted by Gasteiger charge is 2.30. The maximum atomic E-state index is 12.3. The Morgan fingerprint density at radius 2 is 2.25 bits per heavy atom. The van der Waals surface area contributed by atoms with Gasteiger partial charge in [0.15, 0.2) is 0 Å². The van der Waals surface area contributed by atoms with Gasteiger partial charge in [-0.05, 0) is 30.4 Å². The van der Waals surface area contributed by atoms with Gasteiger partial charge in [0.1, 0.15) is 0 Å². The predicted molar refractivity (Wildman–Crippen MR) is 77.5 cm³/mol. The lowest BCUT2D eigenvalue weighted by molar-refractivity contribution is 0.0927. The molecule has 104 valence electrons. The van der Waals surface area contributed by atoms with Crippen LogP contribution in [0.5, 0.6) is 0 Å². The van der Waals surface area contributed by atoms with Gasteiger partial charge in [-0.2, -0.15) is 5.10 Å². The zero-order chi connectivity index (χ0) is 14.3. The first-order valence-corrected chi connectivity index (χ1v) is 6.93. The second-order valence-electron chi connectivity index (χ2n) is 5.74. The highest BCUT2D eigenvalue weighted by molar-refractivity contribution is 5.94. The zero-order valence-corrected chi connectivity index (χ0v) is 12.1. The van der Waals surface area contributed by atoms with E-state index < -0.39 is 0 Å². The van der Waals surface area contributed by atoms with Crippen LogP contribution >= 0.6 is 0 Å². The number of amides is 1. The number of hydrogen-bond donors (Lipinski definition) is 1. The van der Waals surface area contributed by atoms with Gasteiger partial charge in [-0.1, -0.05) is 30.7 Å². The molecular formula is C16H19N3O. The summed E-state index contributed by atoms with van der Waals surface area (Å²) in [6.45, 7) is 4.27.